The second kappa shape index (κ2) is 7.85. The lowest BCUT2D eigenvalue weighted by molar-refractivity contribution is -0.602. The first-order valence-electron chi connectivity index (χ1n) is 5.36. The van der Waals surface area contributed by atoms with E-state index in [9.17, 15) is 9.59 Å². The van der Waals surface area contributed by atoms with Crippen molar-refractivity contribution in [2.24, 2.45) is 0 Å². The van der Waals surface area contributed by atoms with Gasteiger partial charge in [-0.15, -0.1) is 0 Å². The molecule has 0 saturated carbocycles. The molecule has 0 aromatic heterocycles. The predicted molar refractivity (Wildman–Crippen MR) is 59.5 cm³/mol. The van der Waals surface area contributed by atoms with E-state index in [0.717, 1.165) is 0 Å². The van der Waals surface area contributed by atoms with Crippen LogP contribution in [0.2, 0.25) is 0 Å². The second-order valence-corrected chi connectivity index (χ2v) is 4.21. The molecule has 0 aliphatic rings. The maximum Gasteiger partial charge on any atom is 0.545 e. The zero-order valence-electron chi connectivity index (χ0n) is 12.1. The average molecular weight is 298 g/mol. The number of carbonyl (C=O) groups excluding carboxylic acids is 2. The summed E-state index contributed by atoms with van der Waals surface area (Å²) in [5.74, 6) is -2.44. The van der Waals surface area contributed by atoms with E-state index >= 15 is 0 Å². The van der Waals surface area contributed by atoms with Gasteiger partial charge in [-0.25, -0.2) is 19.4 Å². The highest BCUT2D eigenvalue weighted by Gasteiger charge is 2.25. The molecular weight excluding hydrogens is 280 g/mol. The predicted octanol–water partition coefficient (Wildman–Crippen LogP) is 1.84. The zero-order valence-corrected chi connectivity index (χ0v) is 12.1. The van der Waals surface area contributed by atoms with Crippen molar-refractivity contribution < 1.29 is 48.4 Å². The lowest BCUT2D eigenvalue weighted by Gasteiger charge is -2.21. The number of methoxy groups -OCH3 is 2. The van der Waals surface area contributed by atoms with E-state index in [0.29, 0.717) is 0 Å². The smallest absolute Gasteiger partial charge is 0.400 e. The molecule has 0 spiro atoms. The van der Waals surface area contributed by atoms with Gasteiger partial charge in [-0.2, -0.15) is 0 Å². The van der Waals surface area contributed by atoms with Gasteiger partial charge < -0.3 is 18.9 Å². The molecule has 0 rings (SSSR count). The van der Waals surface area contributed by atoms with Gasteiger partial charge in [-0.3, -0.25) is 0 Å². The van der Waals surface area contributed by atoms with E-state index in [4.69, 9.17) is 9.47 Å². The monoisotopic (exact) mass is 298 g/mol. The molecule has 0 saturated heterocycles. The molecule has 0 unspecified atom stereocenters. The molecule has 20 heavy (non-hydrogen) atoms. The van der Waals surface area contributed by atoms with E-state index in [1.165, 1.54) is 41.9 Å². The van der Waals surface area contributed by atoms with Gasteiger partial charge in [-0.1, -0.05) is 0 Å². The Bertz CT molecular complexity index is 292. The van der Waals surface area contributed by atoms with E-state index in [1.807, 2.05) is 0 Å². The van der Waals surface area contributed by atoms with Crippen molar-refractivity contribution in [3.05, 3.63) is 0 Å². The fourth-order valence-electron chi connectivity index (χ4n) is 0.602. The summed E-state index contributed by atoms with van der Waals surface area (Å²) >= 11 is 0. The highest BCUT2D eigenvalue weighted by molar-refractivity contribution is 5.59. The van der Waals surface area contributed by atoms with Gasteiger partial charge in [0.1, 0.15) is 0 Å². The first-order valence-corrected chi connectivity index (χ1v) is 5.36. The number of rotatable bonds is 7. The number of hydrogen-bond donors (Lipinski definition) is 0. The third kappa shape index (κ3) is 8.48. The quantitative estimate of drug-likeness (QED) is 0.227. The topological polar surface area (TPSA) is 108 Å². The van der Waals surface area contributed by atoms with Crippen molar-refractivity contribution in [3.8, 4) is 0 Å². The van der Waals surface area contributed by atoms with Crippen LogP contribution in [0.4, 0.5) is 9.59 Å². The molecule has 10 heteroatoms. The van der Waals surface area contributed by atoms with Crippen LogP contribution in [-0.4, -0.2) is 38.1 Å². The van der Waals surface area contributed by atoms with Gasteiger partial charge in [-0.05, 0) is 0 Å². The molecule has 0 atom stereocenters. The number of carbonyl (C=O) groups is 2. The van der Waals surface area contributed by atoms with E-state index in [-0.39, 0.29) is 0 Å². The van der Waals surface area contributed by atoms with Crippen molar-refractivity contribution in [3.63, 3.8) is 0 Å². The molecule has 0 amide bonds. The summed E-state index contributed by atoms with van der Waals surface area (Å²) in [7, 11) is 2.64. The van der Waals surface area contributed by atoms with Crippen molar-refractivity contribution in [1.29, 1.82) is 0 Å². The SMILES string of the molecule is COC(C)(C)OC(=O)OOOOC(=O)OC(C)(C)OC. The summed E-state index contributed by atoms with van der Waals surface area (Å²) in [6, 6.07) is 0. The summed E-state index contributed by atoms with van der Waals surface area (Å²) in [5.41, 5.74) is 0. The van der Waals surface area contributed by atoms with Gasteiger partial charge in [0, 0.05) is 52.0 Å². The summed E-state index contributed by atoms with van der Waals surface area (Å²) in [6.45, 7) is 5.82. The Morgan fingerprint density at radius 3 is 1.25 bits per heavy atom. The van der Waals surface area contributed by atoms with Crippen LogP contribution in [0.25, 0.3) is 0 Å². The maximum atomic E-state index is 11.0. The van der Waals surface area contributed by atoms with Gasteiger partial charge in [0.05, 0.1) is 0 Å². The Balaban J connectivity index is 3.82. The van der Waals surface area contributed by atoms with Crippen LogP contribution in [0, 0.1) is 0 Å². The molecule has 0 N–H and O–H groups in total. The average Bonchev–Trinajstić information content (AvgIpc) is 2.33. The Kier molecular flexibility index (Phi) is 7.21. The van der Waals surface area contributed by atoms with Crippen LogP contribution in [-0.2, 0) is 38.8 Å². The van der Waals surface area contributed by atoms with Crippen molar-refractivity contribution in [2.75, 3.05) is 14.2 Å². The highest BCUT2D eigenvalue weighted by Crippen LogP contribution is 2.12. The largest absolute Gasteiger partial charge is 0.545 e. The van der Waals surface area contributed by atoms with Crippen LogP contribution in [0.15, 0.2) is 0 Å². The first-order chi connectivity index (χ1) is 9.12. The first kappa shape index (κ1) is 18.4. The van der Waals surface area contributed by atoms with Crippen LogP contribution >= 0.6 is 0 Å². The minimum absolute atomic E-state index is 1.22. The van der Waals surface area contributed by atoms with Gasteiger partial charge >= 0.3 is 12.3 Å². The Labute approximate surface area is 115 Å². The van der Waals surface area contributed by atoms with Crippen LogP contribution in [0.3, 0.4) is 0 Å². The summed E-state index contributed by atoms with van der Waals surface area (Å²) in [5, 5.41) is 7.62. The Morgan fingerprint density at radius 2 is 1.00 bits per heavy atom. The van der Waals surface area contributed by atoms with Crippen molar-refractivity contribution in [2.45, 2.75) is 39.3 Å². The molecule has 0 heterocycles. The Morgan fingerprint density at radius 1 is 0.700 bits per heavy atom. The van der Waals surface area contributed by atoms with Crippen molar-refractivity contribution in [1.82, 2.24) is 0 Å². The molecule has 0 bridgehead atoms. The molecule has 0 radical (unpaired) electrons. The van der Waals surface area contributed by atoms with E-state index < -0.39 is 23.9 Å². The molecule has 0 aromatic carbocycles. The minimum atomic E-state index is -1.27. The molecule has 118 valence electrons. The summed E-state index contributed by atoms with van der Waals surface area (Å²) < 4.78 is 18.8. The van der Waals surface area contributed by atoms with Gasteiger partial charge in [0.25, 0.3) is 0 Å². The Hall–Kier alpha value is -1.62. The molecular formula is C10H18O10. The normalized spacial score (nSPS) is 11.7. The minimum Gasteiger partial charge on any atom is -0.400 e. The molecule has 0 aliphatic carbocycles. The molecule has 0 aliphatic heterocycles. The maximum absolute atomic E-state index is 11.0. The number of ether oxygens (including phenoxy) is 4. The number of hydrogen-bond acceptors (Lipinski definition) is 10. The van der Waals surface area contributed by atoms with Crippen LogP contribution in [0.1, 0.15) is 27.7 Å². The summed E-state index contributed by atoms with van der Waals surface area (Å²) in [4.78, 5) is 30.0. The third-order valence-electron chi connectivity index (χ3n) is 1.87. The van der Waals surface area contributed by atoms with Gasteiger partial charge in [0.2, 0.25) is 11.6 Å². The standard InChI is InChI=1S/C10H18O10/c1-9(2,13-5)15-7(11)17-19-20-18-8(12)16-10(3,4)14-6/h1-6H3. The second-order valence-electron chi connectivity index (χ2n) is 4.21. The lowest BCUT2D eigenvalue weighted by atomic mass is 10.4. The fraction of sp³-hybridized carbons (Fsp3) is 0.800. The van der Waals surface area contributed by atoms with Crippen LogP contribution < -0.4 is 0 Å². The molecule has 10 nitrogen and oxygen atoms in total. The van der Waals surface area contributed by atoms with Crippen LogP contribution in [0.5, 0.6) is 0 Å². The lowest BCUT2D eigenvalue weighted by Crippen LogP contribution is -2.31. The zero-order chi connectivity index (χ0) is 15.8. The molecule has 0 aromatic rings. The third-order valence-corrected chi connectivity index (χ3v) is 1.87. The molecule has 0 fully saturated rings. The fourth-order valence-corrected chi connectivity index (χ4v) is 0.602. The van der Waals surface area contributed by atoms with Gasteiger partial charge in [0.15, 0.2) is 0 Å². The van der Waals surface area contributed by atoms with E-state index in [2.05, 4.69) is 29.3 Å². The van der Waals surface area contributed by atoms with E-state index in [1.54, 1.807) is 0 Å². The summed E-state index contributed by atoms with van der Waals surface area (Å²) in [6.07, 6.45) is -2.54. The highest BCUT2D eigenvalue weighted by atomic mass is 17.7. The van der Waals surface area contributed by atoms with Crippen molar-refractivity contribution >= 4 is 12.3 Å².